The molecule has 20 heavy (non-hydrogen) atoms. The number of amides is 1. The molecule has 0 atom stereocenters. The Labute approximate surface area is 123 Å². The van der Waals surface area contributed by atoms with Crippen molar-refractivity contribution in [3.63, 3.8) is 0 Å². The van der Waals surface area contributed by atoms with E-state index in [9.17, 15) is 13.2 Å². The molecule has 1 fully saturated rings. The SMILES string of the molecule is CCCc1nnsc1C(=O)N1CCC(S(C)(=O)=O)CC1. The lowest BCUT2D eigenvalue weighted by molar-refractivity contribution is 0.0729. The van der Waals surface area contributed by atoms with E-state index in [0.29, 0.717) is 30.8 Å². The summed E-state index contributed by atoms with van der Waals surface area (Å²) < 4.78 is 26.9. The Morgan fingerprint density at radius 1 is 1.40 bits per heavy atom. The summed E-state index contributed by atoms with van der Waals surface area (Å²) in [7, 11) is -3.01. The van der Waals surface area contributed by atoms with Crippen LogP contribution < -0.4 is 0 Å². The van der Waals surface area contributed by atoms with E-state index in [1.54, 1.807) is 4.90 Å². The Hall–Kier alpha value is -1.02. The van der Waals surface area contributed by atoms with Crippen LogP contribution in [0, 0.1) is 0 Å². The highest BCUT2D eigenvalue weighted by molar-refractivity contribution is 7.91. The maximum Gasteiger partial charge on any atom is 0.267 e. The molecule has 112 valence electrons. The number of hydrogen-bond acceptors (Lipinski definition) is 6. The van der Waals surface area contributed by atoms with Gasteiger partial charge in [0.05, 0.1) is 10.9 Å². The number of likely N-dealkylation sites (tertiary alicyclic amines) is 1. The molecule has 1 aliphatic rings. The van der Waals surface area contributed by atoms with Crippen molar-refractivity contribution in [1.29, 1.82) is 0 Å². The summed E-state index contributed by atoms with van der Waals surface area (Å²) >= 11 is 1.13. The molecule has 0 bridgehead atoms. The molecule has 0 N–H and O–H groups in total. The molecule has 1 aromatic rings. The average Bonchev–Trinajstić information content (AvgIpc) is 2.86. The van der Waals surface area contributed by atoms with Gasteiger partial charge in [0, 0.05) is 19.3 Å². The summed E-state index contributed by atoms with van der Waals surface area (Å²) in [6.45, 7) is 3.01. The summed E-state index contributed by atoms with van der Waals surface area (Å²) in [6.07, 6.45) is 3.96. The van der Waals surface area contributed by atoms with Gasteiger partial charge >= 0.3 is 0 Å². The third-order valence-corrected chi connectivity index (χ3v) is 6.01. The molecule has 1 aromatic heterocycles. The molecule has 0 spiro atoms. The molecule has 0 aromatic carbocycles. The van der Waals surface area contributed by atoms with Crippen molar-refractivity contribution >= 4 is 27.3 Å². The fourth-order valence-electron chi connectivity index (χ4n) is 2.40. The fraction of sp³-hybridized carbons (Fsp3) is 0.750. The van der Waals surface area contributed by atoms with E-state index >= 15 is 0 Å². The third-order valence-electron chi connectivity index (χ3n) is 3.57. The summed E-state index contributed by atoms with van der Waals surface area (Å²) in [5.74, 6) is -0.0598. The van der Waals surface area contributed by atoms with Gasteiger partial charge in [-0.15, -0.1) is 5.10 Å². The molecule has 0 aliphatic carbocycles. The van der Waals surface area contributed by atoms with Crippen LogP contribution >= 0.6 is 11.5 Å². The standard InChI is InChI=1S/C12H19N3O3S2/c1-3-4-10-11(19-14-13-10)12(16)15-7-5-9(6-8-15)20(2,17)18/h9H,3-8H2,1-2H3. The largest absolute Gasteiger partial charge is 0.338 e. The van der Waals surface area contributed by atoms with Gasteiger partial charge in [0.15, 0.2) is 0 Å². The molecule has 0 unspecified atom stereocenters. The Morgan fingerprint density at radius 3 is 2.60 bits per heavy atom. The average molecular weight is 317 g/mol. The maximum absolute atomic E-state index is 12.4. The van der Waals surface area contributed by atoms with Gasteiger partial charge in [-0.2, -0.15) is 0 Å². The van der Waals surface area contributed by atoms with Crippen molar-refractivity contribution in [2.45, 2.75) is 37.9 Å². The molecule has 0 saturated carbocycles. The van der Waals surface area contributed by atoms with E-state index in [-0.39, 0.29) is 11.2 Å². The molecule has 2 rings (SSSR count). The van der Waals surface area contributed by atoms with E-state index in [4.69, 9.17) is 0 Å². The van der Waals surface area contributed by atoms with Crippen LogP contribution in [-0.4, -0.2) is 53.4 Å². The highest BCUT2D eigenvalue weighted by Gasteiger charge is 2.30. The number of aromatic nitrogens is 2. The number of piperidine rings is 1. The zero-order valence-corrected chi connectivity index (χ0v) is 13.3. The van der Waals surface area contributed by atoms with Crippen molar-refractivity contribution in [2.24, 2.45) is 0 Å². The van der Waals surface area contributed by atoms with Crippen molar-refractivity contribution in [1.82, 2.24) is 14.5 Å². The number of carbonyl (C=O) groups is 1. The van der Waals surface area contributed by atoms with Crippen molar-refractivity contribution < 1.29 is 13.2 Å². The van der Waals surface area contributed by atoms with E-state index in [1.165, 1.54) is 6.26 Å². The van der Waals surface area contributed by atoms with Crippen LogP contribution in [0.25, 0.3) is 0 Å². The first-order valence-electron chi connectivity index (χ1n) is 6.72. The van der Waals surface area contributed by atoms with E-state index < -0.39 is 9.84 Å². The van der Waals surface area contributed by atoms with Crippen LogP contribution in [-0.2, 0) is 16.3 Å². The highest BCUT2D eigenvalue weighted by atomic mass is 32.2. The smallest absolute Gasteiger partial charge is 0.267 e. The van der Waals surface area contributed by atoms with Gasteiger partial charge in [0.2, 0.25) is 0 Å². The van der Waals surface area contributed by atoms with E-state index in [1.807, 2.05) is 6.92 Å². The van der Waals surface area contributed by atoms with E-state index in [2.05, 4.69) is 9.59 Å². The Morgan fingerprint density at radius 2 is 2.05 bits per heavy atom. The van der Waals surface area contributed by atoms with Gasteiger partial charge in [-0.05, 0) is 30.8 Å². The lowest BCUT2D eigenvalue weighted by Gasteiger charge is -2.30. The van der Waals surface area contributed by atoms with Gasteiger partial charge in [-0.3, -0.25) is 4.79 Å². The molecule has 1 saturated heterocycles. The summed E-state index contributed by atoms with van der Waals surface area (Å²) in [4.78, 5) is 14.7. The second-order valence-electron chi connectivity index (χ2n) is 5.12. The summed E-state index contributed by atoms with van der Waals surface area (Å²) in [5, 5.41) is 3.68. The number of aryl methyl sites for hydroxylation is 1. The number of hydrogen-bond donors (Lipinski definition) is 0. The minimum absolute atomic E-state index is 0.0598. The third kappa shape index (κ3) is 3.35. The van der Waals surface area contributed by atoms with Crippen molar-refractivity contribution in [3.05, 3.63) is 10.6 Å². The predicted molar refractivity (Wildman–Crippen MR) is 77.7 cm³/mol. The van der Waals surface area contributed by atoms with Gasteiger partial charge < -0.3 is 4.90 Å². The van der Waals surface area contributed by atoms with Crippen LogP contribution in [0.1, 0.15) is 41.6 Å². The molecular formula is C12H19N3O3S2. The normalized spacial score (nSPS) is 17.4. The van der Waals surface area contributed by atoms with E-state index in [0.717, 1.165) is 30.1 Å². The van der Waals surface area contributed by atoms with Crippen molar-refractivity contribution in [2.75, 3.05) is 19.3 Å². The second-order valence-corrected chi connectivity index (χ2v) is 8.20. The first-order valence-corrected chi connectivity index (χ1v) is 9.45. The number of rotatable bonds is 4. The lowest BCUT2D eigenvalue weighted by atomic mass is 10.1. The zero-order chi connectivity index (χ0) is 14.8. The predicted octanol–water partition coefficient (Wildman–Crippen LogP) is 1.14. The van der Waals surface area contributed by atoms with Gasteiger partial charge in [0.1, 0.15) is 14.7 Å². The van der Waals surface area contributed by atoms with Crippen LogP contribution in [0.2, 0.25) is 0 Å². The minimum atomic E-state index is -3.01. The summed E-state index contributed by atoms with van der Waals surface area (Å²) in [5.41, 5.74) is 0.757. The van der Waals surface area contributed by atoms with Gasteiger partial charge in [0.25, 0.3) is 5.91 Å². The first kappa shape index (κ1) is 15.4. The first-order chi connectivity index (χ1) is 9.43. The molecular weight excluding hydrogens is 298 g/mol. The molecule has 2 heterocycles. The van der Waals surface area contributed by atoms with Crippen LogP contribution in [0.15, 0.2) is 0 Å². The van der Waals surface area contributed by atoms with Crippen LogP contribution in [0.4, 0.5) is 0 Å². The van der Waals surface area contributed by atoms with Gasteiger partial charge in [-0.25, -0.2) is 8.42 Å². The molecule has 1 aliphatic heterocycles. The lowest BCUT2D eigenvalue weighted by Crippen LogP contribution is -2.42. The minimum Gasteiger partial charge on any atom is -0.338 e. The number of nitrogens with zero attached hydrogens (tertiary/aromatic N) is 3. The van der Waals surface area contributed by atoms with Crippen molar-refractivity contribution in [3.8, 4) is 0 Å². The topological polar surface area (TPSA) is 80.2 Å². The second kappa shape index (κ2) is 6.17. The van der Waals surface area contributed by atoms with Crippen LogP contribution in [0.3, 0.4) is 0 Å². The Bertz CT molecular complexity index is 575. The monoisotopic (exact) mass is 317 g/mol. The molecule has 8 heteroatoms. The fourth-order valence-corrected chi connectivity index (χ4v) is 4.15. The summed E-state index contributed by atoms with van der Waals surface area (Å²) in [6, 6.07) is 0. The quantitative estimate of drug-likeness (QED) is 0.832. The van der Waals surface area contributed by atoms with Gasteiger partial charge in [-0.1, -0.05) is 17.8 Å². The molecule has 0 radical (unpaired) electrons. The zero-order valence-electron chi connectivity index (χ0n) is 11.7. The Balaban J connectivity index is 2.03. The molecule has 6 nitrogen and oxygen atoms in total. The Kier molecular flexibility index (Phi) is 4.74. The number of carbonyl (C=O) groups excluding carboxylic acids is 1. The number of sulfone groups is 1. The molecule has 1 amide bonds. The maximum atomic E-state index is 12.4. The highest BCUT2D eigenvalue weighted by Crippen LogP contribution is 2.21. The van der Waals surface area contributed by atoms with Crippen LogP contribution in [0.5, 0.6) is 0 Å².